The molecule has 4 heteroatoms. The molecule has 1 aromatic heterocycles. The van der Waals surface area contributed by atoms with Gasteiger partial charge in [0.2, 0.25) is 0 Å². The molecule has 2 aromatic rings. The Morgan fingerprint density at radius 1 is 1.39 bits per heavy atom. The third kappa shape index (κ3) is 2.36. The van der Waals surface area contributed by atoms with Crippen LogP contribution in [0.1, 0.15) is 29.2 Å². The molecule has 1 heterocycles. The van der Waals surface area contributed by atoms with Gasteiger partial charge in [-0.3, -0.25) is 0 Å². The molecule has 0 radical (unpaired) electrons. The highest BCUT2D eigenvalue weighted by molar-refractivity contribution is 6.22. The Hall–Kier alpha value is -1.48. The minimum atomic E-state index is -0.417. The van der Waals surface area contributed by atoms with Crippen LogP contribution in [0.15, 0.2) is 34.9 Å². The summed E-state index contributed by atoms with van der Waals surface area (Å²) in [5, 5.41) is -0.417. The van der Waals surface area contributed by atoms with E-state index in [-0.39, 0.29) is 5.75 Å². The Kier molecular flexibility index (Phi) is 3.92. The quantitative estimate of drug-likeness (QED) is 0.771. The van der Waals surface area contributed by atoms with Crippen LogP contribution in [0.4, 0.5) is 4.39 Å². The van der Waals surface area contributed by atoms with Gasteiger partial charge in [0.25, 0.3) is 0 Å². The van der Waals surface area contributed by atoms with Gasteiger partial charge in [-0.05, 0) is 23.8 Å². The molecule has 0 aliphatic carbocycles. The number of hydrogen-bond donors (Lipinski definition) is 0. The molecule has 2 nitrogen and oxygen atoms in total. The summed E-state index contributed by atoms with van der Waals surface area (Å²) in [5.41, 5.74) is 1.56. The molecule has 1 aromatic carbocycles. The standard InChI is InChI=1S/C14H14ClFO2/c1-3-12-10(6-7-18-12)14(15)9-4-5-13(17-2)11(16)8-9/h4-8,14H,3H2,1-2H3. The zero-order valence-corrected chi connectivity index (χ0v) is 11.0. The summed E-state index contributed by atoms with van der Waals surface area (Å²) in [5.74, 6) is 0.624. The molecular weight excluding hydrogens is 255 g/mol. The van der Waals surface area contributed by atoms with Crippen molar-refractivity contribution in [2.45, 2.75) is 18.7 Å². The maximum absolute atomic E-state index is 13.6. The molecule has 0 aliphatic heterocycles. The highest BCUT2D eigenvalue weighted by Gasteiger charge is 2.18. The van der Waals surface area contributed by atoms with Gasteiger partial charge in [-0.1, -0.05) is 13.0 Å². The van der Waals surface area contributed by atoms with Crippen LogP contribution in [0.5, 0.6) is 5.75 Å². The summed E-state index contributed by atoms with van der Waals surface area (Å²) in [7, 11) is 1.43. The van der Waals surface area contributed by atoms with E-state index in [1.807, 2.05) is 13.0 Å². The van der Waals surface area contributed by atoms with Crippen molar-refractivity contribution >= 4 is 11.6 Å². The first-order valence-electron chi connectivity index (χ1n) is 5.71. The number of hydrogen-bond acceptors (Lipinski definition) is 2. The van der Waals surface area contributed by atoms with Crippen LogP contribution in [0.3, 0.4) is 0 Å². The predicted octanol–water partition coefficient (Wildman–Crippen LogP) is 4.32. The van der Waals surface area contributed by atoms with Gasteiger partial charge < -0.3 is 9.15 Å². The Morgan fingerprint density at radius 2 is 2.17 bits per heavy atom. The maximum Gasteiger partial charge on any atom is 0.165 e. The Labute approximate surface area is 110 Å². The third-order valence-corrected chi connectivity index (χ3v) is 3.33. The van der Waals surface area contributed by atoms with Crippen LogP contribution in [0.2, 0.25) is 0 Å². The van der Waals surface area contributed by atoms with E-state index in [1.165, 1.54) is 13.2 Å². The Bertz CT molecular complexity index is 536. The van der Waals surface area contributed by atoms with Crippen LogP contribution in [-0.4, -0.2) is 7.11 Å². The third-order valence-electron chi connectivity index (χ3n) is 2.84. The molecule has 1 unspecified atom stereocenters. The minimum Gasteiger partial charge on any atom is -0.494 e. The number of rotatable bonds is 4. The van der Waals surface area contributed by atoms with E-state index < -0.39 is 11.2 Å². The molecule has 2 rings (SSSR count). The molecule has 1 atom stereocenters. The van der Waals surface area contributed by atoms with Crippen molar-refractivity contribution in [2.24, 2.45) is 0 Å². The number of ether oxygens (including phenoxy) is 1. The van der Waals surface area contributed by atoms with E-state index in [0.29, 0.717) is 5.56 Å². The van der Waals surface area contributed by atoms with Crippen molar-refractivity contribution in [2.75, 3.05) is 7.11 Å². The molecule has 0 amide bonds. The summed E-state index contributed by atoms with van der Waals surface area (Å²) >= 11 is 6.36. The van der Waals surface area contributed by atoms with Crippen molar-refractivity contribution in [3.05, 3.63) is 53.2 Å². The van der Waals surface area contributed by atoms with E-state index in [0.717, 1.165) is 17.7 Å². The van der Waals surface area contributed by atoms with Gasteiger partial charge in [0.1, 0.15) is 5.76 Å². The molecule has 0 aliphatic rings. The monoisotopic (exact) mass is 268 g/mol. The van der Waals surface area contributed by atoms with E-state index in [1.54, 1.807) is 18.4 Å². The molecular formula is C14H14ClFO2. The lowest BCUT2D eigenvalue weighted by molar-refractivity contribution is 0.386. The summed E-state index contributed by atoms with van der Waals surface area (Å²) < 4.78 is 23.8. The molecule has 18 heavy (non-hydrogen) atoms. The lowest BCUT2D eigenvalue weighted by Gasteiger charge is -2.11. The average Bonchev–Trinajstić information content (AvgIpc) is 2.86. The van der Waals surface area contributed by atoms with Crippen LogP contribution in [-0.2, 0) is 6.42 Å². The molecule has 0 saturated carbocycles. The van der Waals surface area contributed by atoms with Crippen molar-refractivity contribution in [1.82, 2.24) is 0 Å². The summed E-state index contributed by atoms with van der Waals surface area (Å²) in [6.45, 7) is 1.99. The first-order chi connectivity index (χ1) is 8.67. The molecule has 0 saturated heterocycles. The van der Waals surface area contributed by atoms with E-state index >= 15 is 0 Å². The summed E-state index contributed by atoms with van der Waals surface area (Å²) in [6, 6.07) is 6.54. The number of alkyl halides is 1. The topological polar surface area (TPSA) is 22.4 Å². The predicted molar refractivity (Wildman–Crippen MR) is 68.7 cm³/mol. The van der Waals surface area contributed by atoms with Gasteiger partial charge in [0.15, 0.2) is 11.6 Å². The lowest BCUT2D eigenvalue weighted by Crippen LogP contribution is -1.97. The second-order valence-corrected chi connectivity index (χ2v) is 4.35. The summed E-state index contributed by atoms with van der Waals surface area (Å²) in [6.07, 6.45) is 2.35. The second-order valence-electron chi connectivity index (χ2n) is 3.91. The molecule has 0 fully saturated rings. The number of aryl methyl sites for hydroxylation is 1. The number of furan rings is 1. The minimum absolute atomic E-state index is 0.213. The number of benzene rings is 1. The summed E-state index contributed by atoms with van der Waals surface area (Å²) in [4.78, 5) is 0. The van der Waals surface area contributed by atoms with Gasteiger partial charge in [-0.15, -0.1) is 11.6 Å². The molecule has 0 bridgehead atoms. The lowest BCUT2D eigenvalue weighted by atomic mass is 10.0. The fourth-order valence-corrected chi connectivity index (χ4v) is 2.21. The van der Waals surface area contributed by atoms with E-state index in [4.69, 9.17) is 20.8 Å². The highest BCUT2D eigenvalue weighted by Crippen LogP contribution is 2.33. The molecule has 96 valence electrons. The number of methoxy groups -OCH3 is 1. The maximum atomic E-state index is 13.6. The van der Waals surface area contributed by atoms with Crippen LogP contribution in [0, 0.1) is 5.82 Å². The van der Waals surface area contributed by atoms with Gasteiger partial charge in [0.05, 0.1) is 18.8 Å². The number of halogens is 2. The SMILES string of the molecule is CCc1occc1C(Cl)c1ccc(OC)c(F)c1. The van der Waals surface area contributed by atoms with E-state index in [2.05, 4.69) is 0 Å². The fourth-order valence-electron chi connectivity index (χ4n) is 1.88. The first-order valence-corrected chi connectivity index (χ1v) is 6.14. The van der Waals surface area contributed by atoms with Crippen molar-refractivity contribution in [1.29, 1.82) is 0 Å². The fraction of sp³-hybridized carbons (Fsp3) is 0.286. The first kappa shape index (κ1) is 13.0. The normalized spacial score (nSPS) is 12.4. The smallest absolute Gasteiger partial charge is 0.165 e. The Balaban J connectivity index is 2.34. The molecule has 0 N–H and O–H groups in total. The van der Waals surface area contributed by atoms with Gasteiger partial charge in [-0.25, -0.2) is 4.39 Å². The highest BCUT2D eigenvalue weighted by atomic mass is 35.5. The second kappa shape index (κ2) is 5.44. The largest absolute Gasteiger partial charge is 0.494 e. The van der Waals surface area contributed by atoms with Crippen LogP contribution < -0.4 is 4.74 Å². The van der Waals surface area contributed by atoms with E-state index in [9.17, 15) is 4.39 Å². The van der Waals surface area contributed by atoms with Crippen LogP contribution >= 0.6 is 11.6 Å². The van der Waals surface area contributed by atoms with Crippen molar-refractivity contribution < 1.29 is 13.5 Å². The zero-order chi connectivity index (χ0) is 13.1. The molecule has 0 spiro atoms. The van der Waals surface area contributed by atoms with Gasteiger partial charge in [0, 0.05) is 12.0 Å². The van der Waals surface area contributed by atoms with Crippen molar-refractivity contribution in [3.8, 4) is 5.75 Å². The van der Waals surface area contributed by atoms with Gasteiger partial charge in [-0.2, -0.15) is 0 Å². The van der Waals surface area contributed by atoms with Crippen molar-refractivity contribution in [3.63, 3.8) is 0 Å². The zero-order valence-electron chi connectivity index (χ0n) is 10.2. The average molecular weight is 269 g/mol. The Morgan fingerprint density at radius 3 is 2.78 bits per heavy atom. The van der Waals surface area contributed by atoms with Crippen LogP contribution in [0.25, 0.3) is 0 Å². The van der Waals surface area contributed by atoms with Gasteiger partial charge >= 0.3 is 0 Å².